The monoisotopic (exact) mass is 318 g/mol. The Balaban J connectivity index is 1.70. The fourth-order valence-corrected chi connectivity index (χ4v) is 3.58. The highest BCUT2D eigenvalue weighted by atomic mass is 32.1. The van der Waals surface area contributed by atoms with Crippen LogP contribution in [0, 0.1) is 0 Å². The van der Waals surface area contributed by atoms with E-state index in [-0.39, 0.29) is 5.91 Å². The predicted molar refractivity (Wildman–Crippen MR) is 84.4 cm³/mol. The first-order valence-electron chi connectivity index (χ1n) is 6.36. The molecule has 3 aromatic rings. The maximum absolute atomic E-state index is 12.2. The van der Waals surface area contributed by atoms with E-state index in [4.69, 9.17) is 0 Å². The molecule has 0 spiro atoms. The molecule has 0 aliphatic carbocycles. The third kappa shape index (κ3) is 3.03. The van der Waals surface area contributed by atoms with E-state index in [0.29, 0.717) is 12.1 Å². The molecule has 0 aromatic carbocycles. The van der Waals surface area contributed by atoms with Crippen LogP contribution in [0.1, 0.15) is 16.1 Å². The van der Waals surface area contributed by atoms with Gasteiger partial charge in [0.25, 0.3) is 5.91 Å². The van der Waals surface area contributed by atoms with Crippen LogP contribution in [0.4, 0.5) is 0 Å². The molecule has 108 valence electrons. The minimum Gasteiger partial charge on any atom is -0.336 e. The van der Waals surface area contributed by atoms with Gasteiger partial charge in [-0.25, -0.2) is 4.98 Å². The summed E-state index contributed by atoms with van der Waals surface area (Å²) in [7, 11) is 3.57. The van der Waals surface area contributed by atoms with E-state index in [1.807, 2.05) is 16.8 Å². The third-order valence-electron chi connectivity index (χ3n) is 2.98. The Labute approximate surface area is 130 Å². The van der Waals surface area contributed by atoms with E-state index in [0.717, 1.165) is 15.6 Å². The van der Waals surface area contributed by atoms with Gasteiger partial charge in [-0.2, -0.15) is 5.10 Å². The number of thiazole rings is 1. The summed E-state index contributed by atoms with van der Waals surface area (Å²) in [4.78, 5) is 19.7. The minimum absolute atomic E-state index is 0.0474. The molecule has 0 aliphatic rings. The molecule has 5 nitrogen and oxygen atoms in total. The second-order valence-electron chi connectivity index (χ2n) is 4.69. The lowest BCUT2D eigenvalue weighted by molar-refractivity contribution is 0.0783. The van der Waals surface area contributed by atoms with Gasteiger partial charge in [-0.3, -0.25) is 9.48 Å². The Morgan fingerprint density at radius 3 is 2.95 bits per heavy atom. The summed E-state index contributed by atoms with van der Waals surface area (Å²) in [6.45, 7) is 0.496. The molecule has 0 saturated carbocycles. The second-order valence-corrected chi connectivity index (χ2v) is 6.49. The Bertz CT molecular complexity index is 745. The molecule has 0 saturated heterocycles. The van der Waals surface area contributed by atoms with Crippen molar-refractivity contribution in [2.24, 2.45) is 7.05 Å². The summed E-state index contributed by atoms with van der Waals surface area (Å²) in [6.07, 6.45) is 3.30. The number of aryl methyl sites for hydroxylation is 1. The molecule has 0 N–H and O–H groups in total. The lowest BCUT2D eigenvalue weighted by Gasteiger charge is -2.14. The van der Waals surface area contributed by atoms with Crippen LogP contribution in [0.3, 0.4) is 0 Å². The van der Waals surface area contributed by atoms with E-state index in [9.17, 15) is 4.79 Å². The van der Waals surface area contributed by atoms with Crippen LogP contribution >= 0.6 is 22.7 Å². The highest BCUT2D eigenvalue weighted by Crippen LogP contribution is 2.28. The Morgan fingerprint density at radius 1 is 1.43 bits per heavy atom. The first-order valence-corrected chi connectivity index (χ1v) is 8.12. The number of hydrogen-bond donors (Lipinski definition) is 0. The van der Waals surface area contributed by atoms with Crippen LogP contribution in [-0.4, -0.2) is 32.6 Å². The van der Waals surface area contributed by atoms with E-state index in [1.54, 1.807) is 58.7 Å². The summed E-state index contributed by atoms with van der Waals surface area (Å²) in [5.74, 6) is -0.0474. The molecule has 0 radical (unpaired) electrons. The fourth-order valence-electron chi connectivity index (χ4n) is 1.96. The van der Waals surface area contributed by atoms with Crippen LogP contribution in [0.25, 0.3) is 9.88 Å². The molecule has 3 aromatic heterocycles. The third-order valence-corrected chi connectivity index (χ3v) is 4.91. The molecule has 21 heavy (non-hydrogen) atoms. The van der Waals surface area contributed by atoms with Gasteiger partial charge in [-0.1, -0.05) is 6.07 Å². The van der Waals surface area contributed by atoms with Crippen molar-refractivity contribution in [2.45, 2.75) is 6.54 Å². The first-order chi connectivity index (χ1) is 10.1. The molecule has 0 fully saturated rings. The van der Waals surface area contributed by atoms with Gasteiger partial charge < -0.3 is 4.90 Å². The Kier molecular flexibility index (Phi) is 3.85. The van der Waals surface area contributed by atoms with Crippen LogP contribution in [-0.2, 0) is 13.6 Å². The number of aromatic nitrogens is 3. The Hall–Kier alpha value is -1.99. The number of hydrogen-bond acceptors (Lipinski definition) is 5. The van der Waals surface area contributed by atoms with Gasteiger partial charge >= 0.3 is 0 Å². The molecule has 0 aliphatic heterocycles. The summed E-state index contributed by atoms with van der Waals surface area (Å²) >= 11 is 3.28. The number of carbonyl (C=O) groups excluding carboxylic acids is 1. The number of carbonyl (C=O) groups is 1. The minimum atomic E-state index is -0.0474. The number of thiophene rings is 1. The topological polar surface area (TPSA) is 51.0 Å². The lowest BCUT2D eigenvalue weighted by Crippen LogP contribution is -2.26. The second kappa shape index (κ2) is 5.79. The van der Waals surface area contributed by atoms with Crippen molar-refractivity contribution in [3.05, 3.63) is 46.5 Å². The first kappa shape index (κ1) is 14.0. The van der Waals surface area contributed by atoms with Gasteiger partial charge in [0.1, 0.15) is 5.01 Å². The molecule has 7 heteroatoms. The van der Waals surface area contributed by atoms with Gasteiger partial charge in [0.05, 0.1) is 28.9 Å². The molecule has 0 atom stereocenters. The predicted octanol–water partition coefficient (Wildman–Crippen LogP) is 2.88. The van der Waals surface area contributed by atoms with Crippen molar-refractivity contribution < 1.29 is 4.79 Å². The molecular formula is C14H14N4OS2. The van der Waals surface area contributed by atoms with Crippen LogP contribution in [0.15, 0.2) is 35.3 Å². The van der Waals surface area contributed by atoms with Gasteiger partial charge in [0, 0.05) is 25.7 Å². The fraction of sp³-hybridized carbons (Fsp3) is 0.214. The zero-order chi connectivity index (χ0) is 14.8. The average molecular weight is 318 g/mol. The standard InChI is InChI=1S/C14H14N4OS2/c1-17(14(19)10-6-15-18(2)7-10)8-11-9-21-13(16-11)12-4-3-5-20-12/h3-7,9H,8H2,1-2H3. The maximum Gasteiger partial charge on any atom is 0.257 e. The maximum atomic E-state index is 12.2. The number of nitrogens with zero attached hydrogens (tertiary/aromatic N) is 4. The summed E-state index contributed by atoms with van der Waals surface area (Å²) < 4.78 is 1.62. The smallest absolute Gasteiger partial charge is 0.257 e. The van der Waals surface area contributed by atoms with Crippen molar-refractivity contribution >= 4 is 28.6 Å². The van der Waals surface area contributed by atoms with Gasteiger partial charge in [-0.05, 0) is 11.4 Å². The largest absolute Gasteiger partial charge is 0.336 e. The van der Waals surface area contributed by atoms with Crippen molar-refractivity contribution in [2.75, 3.05) is 7.05 Å². The van der Waals surface area contributed by atoms with Gasteiger partial charge in [0.2, 0.25) is 0 Å². The molecule has 0 unspecified atom stereocenters. The quantitative estimate of drug-likeness (QED) is 0.743. The van der Waals surface area contributed by atoms with Crippen LogP contribution in [0.5, 0.6) is 0 Å². The Morgan fingerprint density at radius 2 is 2.29 bits per heavy atom. The lowest BCUT2D eigenvalue weighted by atomic mass is 10.3. The molecule has 0 bridgehead atoms. The van der Waals surface area contributed by atoms with E-state index in [2.05, 4.69) is 16.1 Å². The molecular weight excluding hydrogens is 304 g/mol. The average Bonchev–Trinajstić information content (AvgIpc) is 3.17. The van der Waals surface area contributed by atoms with E-state index in [1.165, 1.54) is 0 Å². The van der Waals surface area contributed by atoms with E-state index < -0.39 is 0 Å². The zero-order valence-corrected chi connectivity index (χ0v) is 13.3. The highest BCUT2D eigenvalue weighted by Gasteiger charge is 2.15. The summed E-state index contributed by atoms with van der Waals surface area (Å²) in [6, 6.07) is 4.07. The van der Waals surface area contributed by atoms with Crippen molar-refractivity contribution in [3.8, 4) is 9.88 Å². The molecule has 3 heterocycles. The highest BCUT2D eigenvalue weighted by molar-refractivity contribution is 7.20. The van der Waals surface area contributed by atoms with Gasteiger partial charge in [-0.15, -0.1) is 22.7 Å². The van der Waals surface area contributed by atoms with Crippen LogP contribution < -0.4 is 0 Å². The number of amides is 1. The zero-order valence-electron chi connectivity index (χ0n) is 11.7. The summed E-state index contributed by atoms with van der Waals surface area (Å²) in [5.41, 5.74) is 1.50. The number of rotatable bonds is 4. The van der Waals surface area contributed by atoms with Crippen molar-refractivity contribution in [1.29, 1.82) is 0 Å². The van der Waals surface area contributed by atoms with Crippen molar-refractivity contribution in [1.82, 2.24) is 19.7 Å². The summed E-state index contributed by atoms with van der Waals surface area (Å²) in [5, 5.41) is 9.06. The van der Waals surface area contributed by atoms with Gasteiger partial charge in [0.15, 0.2) is 0 Å². The SMILES string of the molecule is CN(Cc1csc(-c2cccs2)n1)C(=O)c1cnn(C)c1. The molecule has 3 rings (SSSR count). The van der Waals surface area contributed by atoms with Crippen LogP contribution in [0.2, 0.25) is 0 Å². The van der Waals surface area contributed by atoms with Crippen molar-refractivity contribution in [3.63, 3.8) is 0 Å². The normalized spacial score (nSPS) is 10.8. The van der Waals surface area contributed by atoms with E-state index >= 15 is 0 Å². The molecule has 1 amide bonds.